The largest absolute Gasteiger partial charge is 0.495 e. The van der Waals surface area contributed by atoms with E-state index in [0.717, 1.165) is 16.5 Å². The van der Waals surface area contributed by atoms with Crippen molar-refractivity contribution in [1.29, 1.82) is 0 Å². The van der Waals surface area contributed by atoms with Gasteiger partial charge in [0.15, 0.2) is 0 Å². The number of aliphatic carboxylic acids is 1. The standard InChI is InChI=1S/C12H12ClNO3/c1-14-6-7(3-12(15)16)8-4-11(17-2)9(13)5-10(8)14/h4-6H,3H2,1-2H3,(H,15,16). The van der Waals surface area contributed by atoms with Crippen molar-refractivity contribution in [1.82, 2.24) is 4.57 Å². The number of hydrogen-bond acceptors (Lipinski definition) is 2. The third-order valence-electron chi connectivity index (χ3n) is 2.69. The van der Waals surface area contributed by atoms with Crippen molar-refractivity contribution in [3.63, 3.8) is 0 Å². The third-order valence-corrected chi connectivity index (χ3v) is 2.98. The fourth-order valence-corrected chi connectivity index (χ4v) is 2.16. The lowest BCUT2D eigenvalue weighted by Crippen LogP contribution is -1.99. The number of carboxylic acid groups (broad SMARTS) is 1. The van der Waals surface area contributed by atoms with Crippen molar-refractivity contribution >= 4 is 28.5 Å². The van der Waals surface area contributed by atoms with Crippen molar-refractivity contribution in [3.8, 4) is 5.75 Å². The highest BCUT2D eigenvalue weighted by Gasteiger charge is 2.13. The molecular formula is C12H12ClNO3. The van der Waals surface area contributed by atoms with Gasteiger partial charge in [-0.25, -0.2) is 0 Å². The first-order chi connectivity index (χ1) is 8.02. The second-order valence-electron chi connectivity index (χ2n) is 3.84. The van der Waals surface area contributed by atoms with E-state index >= 15 is 0 Å². The molecular weight excluding hydrogens is 242 g/mol. The van der Waals surface area contributed by atoms with Crippen LogP contribution in [0.25, 0.3) is 10.9 Å². The van der Waals surface area contributed by atoms with Crippen molar-refractivity contribution in [2.75, 3.05) is 7.11 Å². The summed E-state index contributed by atoms with van der Waals surface area (Å²) in [4.78, 5) is 10.8. The summed E-state index contributed by atoms with van der Waals surface area (Å²) < 4.78 is 6.99. The molecule has 0 radical (unpaired) electrons. The van der Waals surface area contributed by atoms with Crippen LogP contribution < -0.4 is 4.74 Å². The van der Waals surface area contributed by atoms with Gasteiger partial charge in [-0.1, -0.05) is 11.6 Å². The topological polar surface area (TPSA) is 51.5 Å². The zero-order valence-electron chi connectivity index (χ0n) is 9.53. The first-order valence-corrected chi connectivity index (χ1v) is 5.44. The van der Waals surface area contributed by atoms with Crippen LogP contribution in [-0.2, 0) is 18.3 Å². The number of aromatic nitrogens is 1. The van der Waals surface area contributed by atoms with Crippen LogP contribution in [0.4, 0.5) is 0 Å². The molecule has 0 bridgehead atoms. The van der Waals surface area contributed by atoms with Gasteiger partial charge < -0.3 is 14.4 Å². The molecule has 0 aliphatic rings. The smallest absolute Gasteiger partial charge is 0.307 e. The molecule has 90 valence electrons. The van der Waals surface area contributed by atoms with E-state index < -0.39 is 5.97 Å². The molecule has 0 atom stereocenters. The Morgan fingerprint density at radius 3 is 2.82 bits per heavy atom. The number of rotatable bonds is 3. The predicted octanol–water partition coefficient (Wildman–Crippen LogP) is 2.47. The van der Waals surface area contributed by atoms with Gasteiger partial charge in [-0.3, -0.25) is 4.79 Å². The van der Waals surface area contributed by atoms with Crippen molar-refractivity contribution in [2.45, 2.75) is 6.42 Å². The van der Waals surface area contributed by atoms with E-state index in [4.69, 9.17) is 21.4 Å². The summed E-state index contributed by atoms with van der Waals surface area (Å²) in [6.07, 6.45) is 1.79. The molecule has 5 heteroatoms. The van der Waals surface area contributed by atoms with Crippen LogP contribution in [0.1, 0.15) is 5.56 Å². The Morgan fingerprint density at radius 2 is 2.24 bits per heavy atom. The average Bonchev–Trinajstić information content (AvgIpc) is 2.53. The molecule has 0 unspecified atom stereocenters. The number of carboxylic acids is 1. The lowest BCUT2D eigenvalue weighted by Gasteiger charge is -2.04. The van der Waals surface area contributed by atoms with Gasteiger partial charge in [0.05, 0.1) is 18.6 Å². The van der Waals surface area contributed by atoms with Crippen LogP contribution in [0.5, 0.6) is 5.75 Å². The first-order valence-electron chi connectivity index (χ1n) is 5.06. The number of nitrogens with zero attached hydrogens (tertiary/aromatic N) is 1. The van der Waals surface area contributed by atoms with E-state index in [1.54, 1.807) is 18.3 Å². The fraction of sp³-hybridized carbons (Fsp3) is 0.250. The number of methoxy groups -OCH3 is 1. The van der Waals surface area contributed by atoms with Gasteiger partial charge in [-0.15, -0.1) is 0 Å². The Morgan fingerprint density at radius 1 is 1.53 bits per heavy atom. The zero-order chi connectivity index (χ0) is 12.6. The van der Waals surface area contributed by atoms with Crippen LogP contribution in [0.3, 0.4) is 0 Å². The lowest BCUT2D eigenvalue weighted by molar-refractivity contribution is -0.136. The number of fused-ring (bicyclic) bond motifs is 1. The monoisotopic (exact) mass is 253 g/mol. The van der Waals surface area contributed by atoms with E-state index in [9.17, 15) is 4.79 Å². The molecule has 0 saturated carbocycles. The summed E-state index contributed by atoms with van der Waals surface area (Å²) in [5.41, 5.74) is 1.65. The van der Waals surface area contributed by atoms with Gasteiger partial charge in [0.25, 0.3) is 0 Å². The molecule has 0 spiro atoms. The highest BCUT2D eigenvalue weighted by atomic mass is 35.5. The molecule has 2 aromatic rings. The normalized spacial score (nSPS) is 10.8. The third kappa shape index (κ3) is 2.08. The van der Waals surface area contributed by atoms with E-state index in [1.807, 2.05) is 11.6 Å². The highest BCUT2D eigenvalue weighted by molar-refractivity contribution is 6.32. The number of aryl methyl sites for hydroxylation is 1. The molecule has 0 aliphatic carbocycles. The van der Waals surface area contributed by atoms with E-state index in [0.29, 0.717) is 10.8 Å². The highest BCUT2D eigenvalue weighted by Crippen LogP contribution is 2.32. The molecule has 0 saturated heterocycles. The summed E-state index contributed by atoms with van der Waals surface area (Å²) >= 11 is 6.04. The minimum absolute atomic E-state index is 0.0118. The molecule has 0 fully saturated rings. The summed E-state index contributed by atoms with van der Waals surface area (Å²) in [5.74, 6) is -0.302. The van der Waals surface area contributed by atoms with Crippen LogP contribution in [-0.4, -0.2) is 22.8 Å². The second-order valence-corrected chi connectivity index (χ2v) is 4.25. The summed E-state index contributed by atoms with van der Waals surface area (Å²) in [6.45, 7) is 0. The Bertz CT molecular complexity index is 589. The minimum atomic E-state index is -0.855. The quantitative estimate of drug-likeness (QED) is 0.914. The van der Waals surface area contributed by atoms with Gasteiger partial charge >= 0.3 is 5.97 Å². The maximum atomic E-state index is 10.8. The van der Waals surface area contributed by atoms with Crippen LogP contribution >= 0.6 is 11.6 Å². The molecule has 1 aromatic heterocycles. The number of hydrogen-bond donors (Lipinski definition) is 1. The van der Waals surface area contributed by atoms with E-state index in [-0.39, 0.29) is 6.42 Å². The average molecular weight is 254 g/mol. The fourth-order valence-electron chi connectivity index (χ4n) is 1.92. The first kappa shape index (κ1) is 11.8. The second kappa shape index (κ2) is 4.30. The maximum Gasteiger partial charge on any atom is 0.307 e. The Balaban J connectivity index is 2.66. The van der Waals surface area contributed by atoms with Crippen LogP contribution in [0, 0.1) is 0 Å². The number of benzene rings is 1. The Kier molecular flexibility index (Phi) is 2.98. The van der Waals surface area contributed by atoms with Gasteiger partial charge in [0.1, 0.15) is 5.75 Å². The molecule has 0 amide bonds. The molecule has 0 aliphatic heterocycles. The van der Waals surface area contributed by atoms with Gasteiger partial charge in [-0.05, 0) is 17.7 Å². The van der Waals surface area contributed by atoms with Crippen LogP contribution in [0.15, 0.2) is 18.3 Å². The van der Waals surface area contributed by atoms with Gasteiger partial charge in [0, 0.05) is 24.1 Å². The number of halogens is 1. The summed E-state index contributed by atoms with van der Waals surface area (Å²) in [5, 5.41) is 10.2. The lowest BCUT2D eigenvalue weighted by atomic mass is 10.1. The molecule has 1 heterocycles. The van der Waals surface area contributed by atoms with Crippen molar-refractivity contribution in [2.24, 2.45) is 7.05 Å². The zero-order valence-corrected chi connectivity index (χ0v) is 10.3. The molecule has 1 N–H and O–H groups in total. The number of ether oxygens (including phenoxy) is 1. The molecule has 1 aromatic carbocycles. The maximum absolute atomic E-state index is 10.8. The predicted molar refractivity (Wildman–Crippen MR) is 65.8 cm³/mol. The number of carbonyl (C=O) groups is 1. The van der Waals surface area contributed by atoms with Gasteiger partial charge in [-0.2, -0.15) is 0 Å². The molecule has 2 rings (SSSR count). The summed E-state index contributed by atoms with van der Waals surface area (Å²) in [7, 11) is 3.39. The van der Waals surface area contributed by atoms with Crippen molar-refractivity contribution < 1.29 is 14.6 Å². The van der Waals surface area contributed by atoms with Crippen molar-refractivity contribution in [3.05, 3.63) is 28.9 Å². The van der Waals surface area contributed by atoms with E-state index in [1.165, 1.54) is 7.11 Å². The Hall–Kier alpha value is -1.68. The molecule has 17 heavy (non-hydrogen) atoms. The minimum Gasteiger partial charge on any atom is -0.495 e. The van der Waals surface area contributed by atoms with E-state index in [2.05, 4.69) is 0 Å². The molecule has 4 nitrogen and oxygen atoms in total. The van der Waals surface area contributed by atoms with Gasteiger partial charge in [0.2, 0.25) is 0 Å². The van der Waals surface area contributed by atoms with Crippen LogP contribution in [0.2, 0.25) is 5.02 Å². The SMILES string of the molecule is COc1cc2c(CC(=O)O)cn(C)c2cc1Cl. The summed E-state index contributed by atoms with van der Waals surface area (Å²) in [6, 6.07) is 3.55. The Labute approximate surface area is 103 Å².